The minimum atomic E-state index is 0.0901. The number of methoxy groups -OCH3 is 1. The molecule has 0 radical (unpaired) electrons. The maximum absolute atomic E-state index is 9.45. The first-order chi connectivity index (χ1) is 12.7. The third-order valence-electron chi connectivity index (χ3n) is 4.16. The summed E-state index contributed by atoms with van der Waals surface area (Å²) in [6.07, 6.45) is 0. The van der Waals surface area contributed by atoms with E-state index >= 15 is 0 Å². The highest BCUT2D eigenvalue weighted by Crippen LogP contribution is 2.42. The number of hydrogen-bond donors (Lipinski definition) is 1. The Labute approximate surface area is 153 Å². The number of aliphatic hydroxyl groups excluding tert-OH is 1. The van der Waals surface area contributed by atoms with Crippen molar-refractivity contribution in [2.75, 3.05) is 33.7 Å². The van der Waals surface area contributed by atoms with Crippen molar-refractivity contribution in [3.8, 4) is 23.0 Å². The van der Waals surface area contributed by atoms with Crippen LogP contribution in [0.1, 0.15) is 18.1 Å². The second kappa shape index (κ2) is 8.78. The van der Waals surface area contributed by atoms with Crippen LogP contribution in [0.2, 0.25) is 0 Å². The van der Waals surface area contributed by atoms with Gasteiger partial charge in [0.25, 0.3) is 0 Å². The summed E-state index contributed by atoms with van der Waals surface area (Å²) in [6.45, 7) is 4.84. The highest BCUT2D eigenvalue weighted by Gasteiger charge is 2.21. The summed E-state index contributed by atoms with van der Waals surface area (Å²) in [5, 5.41) is 9.45. The zero-order valence-corrected chi connectivity index (χ0v) is 15.2. The van der Waals surface area contributed by atoms with Crippen LogP contribution in [0.3, 0.4) is 0 Å². The average molecular weight is 359 g/mol. The molecule has 2 aromatic carbocycles. The number of rotatable bonds is 9. The van der Waals surface area contributed by atoms with E-state index in [9.17, 15) is 5.11 Å². The fourth-order valence-electron chi connectivity index (χ4n) is 3.05. The number of nitrogens with zero attached hydrogens (tertiary/aromatic N) is 1. The highest BCUT2D eigenvalue weighted by atomic mass is 16.7. The summed E-state index contributed by atoms with van der Waals surface area (Å²) in [5.41, 5.74) is 2.18. The van der Waals surface area contributed by atoms with E-state index in [-0.39, 0.29) is 13.4 Å². The molecule has 0 saturated heterocycles. The van der Waals surface area contributed by atoms with Crippen molar-refractivity contribution in [1.82, 2.24) is 4.90 Å². The fourth-order valence-corrected chi connectivity index (χ4v) is 3.05. The van der Waals surface area contributed by atoms with Crippen molar-refractivity contribution in [2.45, 2.75) is 20.0 Å². The van der Waals surface area contributed by atoms with Crippen molar-refractivity contribution in [3.05, 3.63) is 47.5 Å². The molecular weight excluding hydrogens is 334 g/mol. The largest absolute Gasteiger partial charge is 0.494 e. The highest BCUT2D eigenvalue weighted by molar-refractivity contribution is 5.55. The fraction of sp³-hybridized carbons (Fsp3) is 0.400. The zero-order valence-electron chi connectivity index (χ0n) is 15.2. The lowest BCUT2D eigenvalue weighted by Gasteiger charge is -2.22. The van der Waals surface area contributed by atoms with Gasteiger partial charge in [-0.3, -0.25) is 4.90 Å². The molecule has 26 heavy (non-hydrogen) atoms. The number of hydrogen-bond acceptors (Lipinski definition) is 6. The van der Waals surface area contributed by atoms with Gasteiger partial charge in [-0.25, -0.2) is 0 Å². The van der Waals surface area contributed by atoms with E-state index in [0.29, 0.717) is 43.5 Å². The predicted octanol–water partition coefficient (Wildman–Crippen LogP) is 2.82. The minimum Gasteiger partial charge on any atom is -0.494 e. The molecule has 0 amide bonds. The van der Waals surface area contributed by atoms with E-state index in [1.807, 2.05) is 37.3 Å². The van der Waals surface area contributed by atoms with Crippen molar-refractivity contribution in [1.29, 1.82) is 0 Å². The first kappa shape index (κ1) is 18.4. The predicted molar refractivity (Wildman–Crippen MR) is 97.9 cm³/mol. The van der Waals surface area contributed by atoms with Gasteiger partial charge in [0, 0.05) is 19.6 Å². The van der Waals surface area contributed by atoms with Gasteiger partial charge < -0.3 is 24.1 Å². The van der Waals surface area contributed by atoms with Crippen LogP contribution in [0.15, 0.2) is 36.4 Å². The van der Waals surface area contributed by atoms with Crippen LogP contribution in [-0.2, 0) is 13.1 Å². The summed E-state index contributed by atoms with van der Waals surface area (Å²) in [5.74, 6) is 2.87. The van der Waals surface area contributed by atoms with Crippen LogP contribution in [0.5, 0.6) is 23.0 Å². The van der Waals surface area contributed by atoms with E-state index in [2.05, 4.69) is 11.0 Å². The lowest BCUT2D eigenvalue weighted by atomic mass is 10.1. The Morgan fingerprint density at radius 3 is 2.73 bits per heavy atom. The molecule has 0 bridgehead atoms. The summed E-state index contributed by atoms with van der Waals surface area (Å²) in [4.78, 5) is 2.17. The molecule has 0 aromatic heterocycles. The smallest absolute Gasteiger partial charge is 0.231 e. The van der Waals surface area contributed by atoms with Crippen molar-refractivity contribution >= 4 is 0 Å². The quantitative estimate of drug-likeness (QED) is 0.743. The maximum atomic E-state index is 9.45. The summed E-state index contributed by atoms with van der Waals surface area (Å²) in [7, 11) is 1.62. The Bertz CT molecular complexity index is 734. The van der Waals surface area contributed by atoms with Gasteiger partial charge in [-0.2, -0.15) is 0 Å². The van der Waals surface area contributed by atoms with Gasteiger partial charge in [-0.1, -0.05) is 12.1 Å². The summed E-state index contributed by atoms with van der Waals surface area (Å²) in [6, 6.07) is 12.0. The number of aliphatic hydroxyl groups is 1. The molecule has 0 spiro atoms. The lowest BCUT2D eigenvalue weighted by molar-refractivity contribution is 0.171. The molecule has 0 atom stereocenters. The van der Waals surface area contributed by atoms with Crippen molar-refractivity contribution in [2.24, 2.45) is 0 Å². The molecule has 1 aliphatic heterocycles. The van der Waals surface area contributed by atoms with Gasteiger partial charge >= 0.3 is 0 Å². The van der Waals surface area contributed by atoms with Crippen molar-refractivity contribution < 1.29 is 24.1 Å². The van der Waals surface area contributed by atoms with Gasteiger partial charge in [0.05, 0.1) is 20.3 Å². The molecule has 140 valence electrons. The van der Waals surface area contributed by atoms with E-state index in [4.69, 9.17) is 18.9 Å². The molecule has 6 nitrogen and oxygen atoms in total. The molecule has 1 heterocycles. The summed E-state index contributed by atoms with van der Waals surface area (Å²) < 4.78 is 21.9. The first-order valence-corrected chi connectivity index (χ1v) is 8.75. The Balaban J connectivity index is 1.75. The maximum Gasteiger partial charge on any atom is 0.231 e. The van der Waals surface area contributed by atoms with Crippen LogP contribution in [0, 0.1) is 0 Å². The second-order valence-corrected chi connectivity index (χ2v) is 6.05. The minimum absolute atomic E-state index is 0.0901. The standard InChI is InChI=1S/C20H25NO5/c1-3-24-17-6-4-5-15(9-17)12-21(7-8-22)13-16-10-18(23-2)20-19(11-16)25-14-26-20/h4-6,9-11,22H,3,7-8,12-14H2,1-2H3. The first-order valence-electron chi connectivity index (χ1n) is 8.75. The molecule has 1 N–H and O–H groups in total. The Morgan fingerprint density at radius 1 is 1.12 bits per heavy atom. The monoisotopic (exact) mass is 359 g/mol. The SMILES string of the molecule is CCOc1cccc(CN(CCO)Cc2cc(OC)c3c(c2)OCO3)c1. The molecule has 0 fully saturated rings. The summed E-state index contributed by atoms with van der Waals surface area (Å²) >= 11 is 0. The van der Waals surface area contributed by atoms with Gasteiger partial charge in [0.1, 0.15) is 5.75 Å². The topological polar surface area (TPSA) is 60.4 Å². The Kier molecular flexibility index (Phi) is 6.20. The number of benzene rings is 2. The van der Waals surface area contributed by atoms with E-state index in [1.165, 1.54) is 0 Å². The van der Waals surface area contributed by atoms with Gasteiger partial charge in [0.15, 0.2) is 11.5 Å². The van der Waals surface area contributed by atoms with Crippen LogP contribution >= 0.6 is 0 Å². The van der Waals surface area contributed by atoms with E-state index < -0.39 is 0 Å². The molecule has 0 aliphatic carbocycles. The number of fused-ring (bicyclic) bond motifs is 1. The molecule has 0 saturated carbocycles. The number of ether oxygens (including phenoxy) is 4. The average Bonchev–Trinajstić information content (AvgIpc) is 3.10. The molecule has 3 rings (SSSR count). The van der Waals surface area contributed by atoms with Crippen molar-refractivity contribution in [3.63, 3.8) is 0 Å². The van der Waals surface area contributed by atoms with Crippen LogP contribution in [-0.4, -0.2) is 43.7 Å². The van der Waals surface area contributed by atoms with Gasteiger partial charge in [-0.05, 0) is 42.3 Å². The zero-order chi connectivity index (χ0) is 18.4. The molecule has 0 unspecified atom stereocenters. The normalized spacial score (nSPS) is 12.5. The molecular formula is C20H25NO5. The molecule has 2 aromatic rings. The molecule has 6 heteroatoms. The van der Waals surface area contributed by atoms with Gasteiger partial charge in [-0.15, -0.1) is 0 Å². The molecule has 1 aliphatic rings. The van der Waals surface area contributed by atoms with E-state index in [0.717, 1.165) is 16.9 Å². The van der Waals surface area contributed by atoms with Gasteiger partial charge in [0.2, 0.25) is 12.5 Å². The van der Waals surface area contributed by atoms with Crippen LogP contribution in [0.25, 0.3) is 0 Å². The van der Waals surface area contributed by atoms with Crippen LogP contribution < -0.4 is 18.9 Å². The van der Waals surface area contributed by atoms with E-state index in [1.54, 1.807) is 7.11 Å². The Hall–Kier alpha value is -2.44. The third-order valence-corrected chi connectivity index (χ3v) is 4.16. The lowest BCUT2D eigenvalue weighted by Crippen LogP contribution is -2.26. The van der Waals surface area contributed by atoms with Crippen LogP contribution in [0.4, 0.5) is 0 Å². The Morgan fingerprint density at radius 2 is 1.96 bits per heavy atom. The second-order valence-electron chi connectivity index (χ2n) is 6.05. The third kappa shape index (κ3) is 4.39.